The number of halogens is 4. The molecule has 0 amide bonds. The Balaban J connectivity index is 2.34. The average Bonchev–Trinajstić information content (AvgIpc) is 2.44. The zero-order valence-electron chi connectivity index (χ0n) is 10.3. The van der Waals surface area contributed by atoms with Crippen LogP contribution < -0.4 is 11.3 Å². The highest BCUT2D eigenvalue weighted by molar-refractivity contribution is 6.31. The third-order valence-corrected chi connectivity index (χ3v) is 3.73. The molecule has 20 heavy (non-hydrogen) atoms. The quantitative estimate of drug-likeness (QED) is 0.660. The van der Waals surface area contributed by atoms with Crippen molar-refractivity contribution in [1.29, 1.82) is 0 Å². The predicted octanol–water partition coefficient (Wildman–Crippen LogP) is 4.02. The van der Waals surface area contributed by atoms with Gasteiger partial charge in [0.1, 0.15) is 11.6 Å². The Morgan fingerprint density at radius 2 is 1.80 bits per heavy atom. The van der Waals surface area contributed by atoms with E-state index in [1.807, 2.05) is 0 Å². The molecule has 2 aromatic rings. The van der Waals surface area contributed by atoms with Crippen LogP contribution in [0.15, 0.2) is 36.4 Å². The van der Waals surface area contributed by atoms with Crippen LogP contribution in [0.4, 0.5) is 8.78 Å². The van der Waals surface area contributed by atoms with Crippen LogP contribution in [0.5, 0.6) is 0 Å². The lowest BCUT2D eigenvalue weighted by Crippen LogP contribution is -2.30. The van der Waals surface area contributed by atoms with Gasteiger partial charge in [-0.25, -0.2) is 8.78 Å². The monoisotopic (exact) mass is 316 g/mol. The number of hydrazine groups is 1. The maximum absolute atomic E-state index is 14.0. The van der Waals surface area contributed by atoms with Crippen LogP contribution >= 0.6 is 23.2 Å². The molecule has 1 unspecified atom stereocenters. The Kier molecular flexibility index (Phi) is 4.94. The molecule has 6 heteroatoms. The van der Waals surface area contributed by atoms with E-state index in [1.165, 1.54) is 12.1 Å². The van der Waals surface area contributed by atoms with Crippen molar-refractivity contribution in [2.75, 3.05) is 0 Å². The molecule has 0 aliphatic carbocycles. The molecule has 2 nitrogen and oxygen atoms in total. The van der Waals surface area contributed by atoms with Crippen LogP contribution in [0.2, 0.25) is 10.0 Å². The summed E-state index contributed by atoms with van der Waals surface area (Å²) in [4.78, 5) is 0. The minimum atomic E-state index is -0.562. The largest absolute Gasteiger partial charge is 0.271 e. The van der Waals surface area contributed by atoms with E-state index in [4.69, 9.17) is 29.0 Å². The Bertz CT molecular complexity index is 620. The molecule has 0 aliphatic heterocycles. The van der Waals surface area contributed by atoms with Crippen LogP contribution in [-0.2, 0) is 6.42 Å². The number of hydrogen-bond donors (Lipinski definition) is 2. The molecule has 0 spiro atoms. The van der Waals surface area contributed by atoms with E-state index in [0.717, 1.165) is 0 Å². The van der Waals surface area contributed by atoms with Crippen molar-refractivity contribution in [2.24, 2.45) is 5.84 Å². The maximum Gasteiger partial charge on any atom is 0.146 e. The lowest BCUT2D eigenvalue weighted by Gasteiger charge is -2.18. The molecule has 1 atom stereocenters. The maximum atomic E-state index is 14.0. The highest BCUT2D eigenvalue weighted by atomic mass is 35.5. The molecule has 0 heterocycles. The Hall–Kier alpha value is -1.20. The van der Waals surface area contributed by atoms with E-state index < -0.39 is 17.7 Å². The van der Waals surface area contributed by atoms with Crippen LogP contribution in [-0.4, -0.2) is 0 Å². The molecule has 2 rings (SSSR count). The average molecular weight is 317 g/mol. The summed E-state index contributed by atoms with van der Waals surface area (Å²) in [5, 5.41) is 0.0169. The molecule has 2 aromatic carbocycles. The van der Waals surface area contributed by atoms with E-state index in [1.54, 1.807) is 24.3 Å². The van der Waals surface area contributed by atoms with Crippen molar-refractivity contribution in [1.82, 2.24) is 5.43 Å². The summed E-state index contributed by atoms with van der Waals surface area (Å²) in [5.41, 5.74) is 3.34. The summed E-state index contributed by atoms with van der Waals surface area (Å²) in [6.07, 6.45) is 0.240. The van der Waals surface area contributed by atoms with Crippen molar-refractivity contribution >= 4 is 23.2 Å². The second-order valence-corrected chi connectivity index (χ2v) is 5.06. The lowest BCUT2D eigenvalue weighted by atomic mass is 9.99. The number of nitrogens with two attached hydrogens (primary N) is 1. The Morgan fingerprint density at radius 1 is 1.10 bits per heavy atom. The van der Waals surface area contributed by atoms with Gasteiger partial charge >= 0.3 is 0 Å². The first-order valence-electron chi connectivity index (χ1n) is 5.87. The first-order valence-corrected chi connectivity index (χ1v) is 6.63. The third kappa shape index (κ3) is 3.10. The summed E-state index contributed by atoms with van der Waals surface area (Å²) in [6, 6.07) is 8.54. The SMILES string of the molecule is NNC(Cc1cccc(F)c1Cl)c1cccc(Cl)c1F. The van der Waals surface area contributed by atoms with Gasteiger partial charge in [-0.3, -0.25) is 11.3 Å². The van der Waals surface area contributed by atoms with Gasteiger partial charge in [0, 0.05) is 5.56 Å². The first-order chi connectivity index (χ1) is 9.54. The fourth-order valence-electron chi connectivity index (χ4n) is 1.97. The minimum Gasteiger partial charge on any atom is -0.271 e. The van der Waals surface area contributed by atoms with Gasteiger partial charge in [0.2, 0.25) is 0 Å². The molecule has 3 N–H and O–H groups in total. The molecule has 0 aliphatic rings. The minimum absolute atomic E-state index is 0.00749. The van der Waals surface area contributed by atoms with E-state index in [9.17, 15) is 8.78 Å². The molecule has 0 aromatic heterocycles. The van der Waals surface area contributed by atoms with Gasteiger partial charge in [0.15, 0.2) is 0 Å². The third-order valence-electron chi connectivity index (χ3n) is 3.01. The Morgan fingerprint density at radius 3 is 2.50 bits per heavy atom. The molecule has 0 radical (unpaired) electrons. The van der Waals surface area contributed by atoms with Crippen LogP contribution in [0.25, 0.3) is 0 Å². The second kappa shape index (κ2) is 6.50. The zero-order chi connectivity index (χ0) is 14.7. The number of hydrogen-bond acceptors (Lipinski definition) is 2. The fraction of sp³-hybridized carbons (Fsp3) is 0.143. The molecule has 0 saturated carbocycles. The molecule has 0 saturated heterocycles. The van der Waals surface area contributed by atoms with Crippen LogP contribution in [0, 0.1) is 11.6 Å². The molecular formula is C14H12Cl2F2N2. The van der Waals surface area contributed by atoms with Gasteiger partial charge in [0.25, 0.3) is 0 Å². The smallest absolute Gasteiger partial charge is 0.146 e. The van der Waals surface area contributed by atoms with Crippen molar-refractivity contribution < 1.29 is 8.78 Å². The topological polar surface area (TPSA) is 38.0 Å². The van der Waals surface area contributed by atoms with Crippen LogP contribution in [0.1, 0.15) is 17.2 Å². The van der Waals surface area contributed by atoms with E-state index in [-0.39, 0.29) is 16.5 Å². The van der Waals surface area contributed by atoms with Gasteiger partial charge in [-0.2, -0.15) is 0 Å². The lowest BCUT2D eigenvalue weighted by molar-refractivity contribution is 0.509. The van der Waals surface area contributed by atoms with Gasteiger partial charge < -0.3 is 0 Å². The summed E-state index contributed by atoms with van der Waals surface area (Å²) < 4.78 is 27.4. The van der Waals surface area contributed by atoms with Crippen molar-refractivity contribution in [3.05, 3.63) is 69.2 Å². The zero-order valence-corrected chi connectivity index (χ0v) is 11.8. The fourth-order valence-corrected chi connectivity index (χ4v) is 2.36. The van der Waals surface area contributed by atoms with E-state index in [2.05, 4.69) is 5.43 Å². The molecular weight excluding hydrogens is 305 g/mol. The number of rotatable bonds is 4. The van der Waals surface area contributed by atoms with Crippen molar-refractivity contribution in [3.8, 4) is 0 Å². The van der Waals surface area contributed by atoms with Gasteiger partial charge in [-0.15, -0.1) is 0 Å². The second-order valence-electron chi connectivity index (χ2n) is 4.28. The number of benzene rings is 2. The normalized spacial score (nSPS) is 12.4. The van der Waals surface area contributed by atoms with Gasteiger partial charge in [0.05, 0.1) is 16.1 Å². The standard InChI is InChI=1S/C14H12Cl2F2N2/c15-10-5-2-4-9(14(10)18)12(20-19)7-8-3-1-6-11(17)13(8)16/h1-6,12,20H,7,19H2. The molecule has 0 bridgehead atoms. The van der Waals surface area contributed by atoms with E-state index in [0.29, 0.717) is 11.1 Å². The predicted molar refractivity (Wildman–Crippen MR) is 76.6 cm³/mol. The summed E-state index contributed by atoms with van der Waals surface area (Å²) in [6.45, 7) is 0. The first kappa shape index (κ1) is 15.2. The van der Waals surface area contributed by atoms with Gasteiger partial charge in [-0.05, 0) is 24.1 Å². The van der Waals surface area contributed by atoms with Gasteiger partial charge in [-0.1, -0.05) is 47.5 Å². The van der Waals surface area contributed by atoms with Crippen LogP contribution in [0.3, 0.4) is 0 Å². The summed E-state index contributed by atoms with van der Waals surface area (Å²) in [5.74, 6) is 4.39. The molecule has 0 fully saturated rings. The van der Waals surface area contributed by atoms with E-state index >= 15 is 0 Å². The summed E-state index contributed by atoms with van der Waals surface area (Å²) >= 11 is 11.6. The molecule has 106 valence electrons. The Labute approximate surface area is 125 Å². The highest BCUT2D eigenvalue weighted by Gasteiger charge is 2.18. The van der Waals surface area contributed by atoms with Crippen molar-refractivity contribution in [2.45, 2.75) is 12.5 Å². The highest BCUT2D eigenvalue weighted by Crippen LogP contribution is 2.28. The summed E-state index contributed by atoms with van der Waals surface area (Å²) in [7, 11) is 0. The number of nitrogens with one attached hydrogen (secondary N) is 1. The van der Waals surface area contributed by atoms with Crippen molar-refractivity contribution in [3.63, 3.8) is 0 Å².